The Morgan fingerprint density at radius 3 is 1.82 bits per heavy atom. The fourth-order valence-electron chi connectivity index (χ4n) is 1.19. The number of carbonyl (C=O) groups excluding carboxylic acids is 1. The van der Waals surface area contributed by atoms with Crippen LogP contribution >= 0.6 is 0 Å². The Labute approximate surface area is 112 Å². The third-order valence-corrected chi connectivity index (χ3v) is 1.63. The van der Waals surface area contributed by atoms with Crippen LogP contribution in [0.5, 0.6) is 0 Å². The molecule has 0 bridgehead atoms. The van der Waals surface area contributed by atoms with Crippen LogP contribution in [0.3, 0.4) is 0 Å². The van der Waals surface area contributed by atoms with E-state index >= 15 is 0 Å². The molecule has 0 aliphatic heterocycles. The van der Waals surface area contributed by atoms with Crippen molar-refractivity contribution in [1.29, 1.82) is 0 Å². The van der Waals surface area contributed by atoms with Crippen molar-refractivity contribution in [1.82, 2.24) is 0 Å². The Morgan fingerprint density at radius 2 is 1.59 bits per heavy atom. The van der Waals surface area contributed by atoms with Gasteiger partial charge in [-0.1, -0.05) is 18.2 Å². The molecule has 0 atom stereocenters. The first-order valence-electron chi connectivity index (χ1n) is 4.20. The SMILES string of the molecule is C=C(C)/C=C1\CCCC1=O.[C-]#[O+].[C-]#[O+].[C-]#[O+].[Fe]. The molecule has 4 nitrogen and oxygen atoms in total. The fourth-order valence-corrected chi connectivity index (χ4v) is 1.19. The topological polar surface area (TPSA) is 76.8 Å². The Balaban J connectivity index is -0.000000106. The van der Waals surface area contributed by atoms with Gasteiger partial charge in [-0.15, -0.1) is 0 Å². The first-order valence-corrected chi connectivity index (χ1v) is 4.20. The molecule has 0 saturated heterocycles. The predicted molar refractivity (Wildman–Crippen MR) is 53.5 cm³/mol. The van der Waals surface area contributed by atoms with Gasteiger partial charge in [0.1, 0.15) is 0 Å². The summed E-state index contributed by atoms with van der Waals surface area (Å²) < 4.78 is 22.5. The molecule has 0 unspecified atom stereocenters. The molecule has 0 radical (unpaired) electrons. The van der Waals surface area contributed by atoms with Crippen molar-refractivity contribution in [3.8, 4) is 0 Å². The molecular weight excluding hydrogens is 264 g/mol. The third kappa shape index (κ3) is 14.9. The smallest absolute Gasteiger partial charge is 0 e. The van der Waals surface area contributed by atoms with Crippen LogP contribution in [0.1, 0.15) is 26.2 Å². The summed E-state index contributed by atoms with van der Waals surface area (Å²) in [5, 5.41) is 0. The van der Waals surface area contributed by atoms with Crippen molar-refractivity contribution < 1.29 is 35.8 Å². The summed E-state index contributed by atoms with van der Waals surface area (Å²) in [6, 6.07) is 0. The van der Waals surface area contributed by atoms with Gasteiger partial charge in [-0.3, -0.25) is 4.79 Å². The summed E-state index contributed by atoms with van der Waals surface area (Å²) in [5.74, 6) is 0.308. The molecule has 0 spiro atoms. The number of carbonyl (C=O) groups is 1. The minimum Gasteiger partial charge on any atom is 0 e. The summed E-state index contributed by atoms with van der Waals surface area (Å²) in [5.41, 5.74) is 1.94. The molecule has 1 saturated carbocycles. The average Bonchev–Trinajstić information content (AvgIpc) is 2.72. The van der Waals surface area contributed by atoms with Gasteiger partial charge in [0.2, 0.25) is 0 Å². The quantitative estimate of drug-likeness (QED) is 0.313. The van der Waals surface area contributed by atoms with Crippen molar-refractivity contribution >= 4 is 5.78 Å². The molecule has 1 aliphatic carbocycles. The first kappa shape index (κ1) is 24.9. The fraction of sp³-hybridized carbons (Fsp3) is 0.333. The van der Waals surface area contributed by atoms with Crippen LogP contribution in [0.4, 0.5) is 0 Å². The van der Waals surface area contributed by atoms with Gasteiger partial charge < -0.3 is 0 Å². The normalized spacial score (nSPS) is 13.4. The van der Waals surface area contributed by atoms with Crippen LogP contribution in [0, 0.1) is 20.0 Å². The molecule has 0 aromatic carbocycles. The second kappa shape index (κ2) is 20.3. The summed E-state index contributed by atoms with van der Waals surface area (Å²) in [6.45, 7) is 19.1. The second-order valence-electron chi connectivity index (χ2n) is 2.79. The molecule has 0 N–H and O–H groups in total. The van der Waals surface area contributed by atoms with Gasteiger partial charge in [0.15, 0.2) is 5.78 Å². The summed E-state index contributed by atoms with van der Waals surface area (Å²) in [4.78, 5) is 11.0. The molecular formula is C12H12FeO4. The Hall–Kier alpha value is -1.11. The molecule has 17 heavy (non-hydrogen) atoms. The first-order chi connectivity index (χ1) is 7.70. The van der Waals surface area contributed by atoms with Crippen LogP contribution in [-0.4, -0.2) is 5.78 Å². The van der Waals surface area contributed by atoms with E-state index in [1.54, 1.807) is 0 Å². The number of hydrogen-bond acceptors (Lipinski definition) is 1. The van der Waals surface area contributed by atoms with Crippen LogP contribution in [0.2, 0.25) is 0 Å². The van der Waals surface area contributed by atoms with Crippen LogP contribution in [0.15, 0.2) is 23.8 Å². The van der Waals surface area contributed by atoms with E-state index in [0.29, 0.717) is 5.78 Å². The van der Waals surface area contributed by atoms with Gasteiger partial charge in [-0.05, 0) is 25.3 Å². The van der Waals surface area contributed by atoms with E-state index in [1.165, 1.54) is 0 Å². The number of rotatable bonds is 1. The molecule has 0 aromatic heterocycles. The molecule has 1 fully saturated rings. The van der Waals surface area contributed by atoms with E-state index in [1.807, 2.05) is 13.0 Å². The van der Waals surface area contributed by atoms with Gasteiger partial charge in [-0.2, -0.15) is 0 Å². The predicted octanol–water partition coefficient (Wildman–Crippen LogP) is 2.13. The van der Waals surface area contributed by atoms with Crippen molar-refractivity contribution in [3.63, 3.8) is 0 Å². The van der Waals surface area contributed by atoms with Crippen molar-refractivity contribution in [3.05, 3.63) is 43.8 Å². The largest absolute Gasteiger partial charge is 0 e. The molecule has 5 heteroatoms. The van der Waals surface area contributed by atoms with Crippen LogP contribution in [-0.2, 0) is 35.8 Å². The molecule has 0 amide bonds. The maximum atomic E-state index is 11.0. The summed E-state index contributed by atoms with van der Waals surface area (Å²) in [6.07, 6.45) is 4.61. The van der Waals surface area contributed by atoms with E-state index in [0.717, 1.165) is 30.4 Å². The number of Topliss-reactive ketones (excluding diaryl/α,β-unsaturated/α-hetero) is 1. The second-order valence-corrected chi connectivity index (χ2v) is 2.79. The Morgan fingerprint density at radius 1 is 1.18 bits per heavy atom. The van der Waals surface area contributed by atoms with Crippen molar-refractivity contribution in [2.75, 3.05) is 0 Å². The van der Waals surface area contributed by atoms with Crippen LogP contribution < -0.4 is 0 Å². The minimum atomic E-state index is 0. The van der Waals surface area contributed by atoms with E-state index < -0.39 is 0 Å². The van der Waals surface area contributed by atoms with Gasteiger partial charge in [0, 0.05) is 23.5 Å². The molecule has 1 rings (SSSR count). The number of hydrogen-bond donors (Lipinski definition) is 0. The standard InChI is InChI=1S/C9H12O.3CO.Fe/c1-7(2)6-8-4-3-5-9(8)10;3*1-2;/h6H,1,3-5H2,2H3;;;;/b8-6+;;;;. The molecule has 92 valence electrons. The minimum absolute atomic E-state index is 0. The number of allylic oxidation sites excluding steroid dienone is 3. The maximum Gasteiger partial charge on any atom is 0 e. The van der Waals surface area contributed by atoms with E-state index in [4.69, 9.17) is 14.0 Å². The monoisotopic (exact) mass is 276 g/mol. The molecule has 0 aromatic rings. The van der Waals surface area contributed by atoms with E-state index in [9.17, 15) is 4.79 Å². The zero-order valence-corrected chi connectivity index (χ0v) is 10.5. The van der Waals surface area contributed by atoms with E-state index in [-0.39, 0.29) is 17.1 Å². The van der Waals surface area contributed by atoms with Gasteiger partial charge in [-0.25, -0.2) is 0 Å². The van der Waals surface area contributed by atoms with Gasteiger partial charge >= 0.3 is 33.9 Å². The zero-order chi connectivity index (χ0) is 13.6. The average molecular weight is 276 g/mol. The Bertz CT molecular complexity index is 296. The summed E-state index contributed by atoms with van der Waals surface area (Å²) >= 11 is 0. The maximum absolute atomic E-state index is 11.0. The number of ketones is 1. The zero-order valence-electron chi connectivity index (χ0n) is 9.39. The van der Waals surface area contributed by atoms with Gasteiger partial charge in [0.25, 0.3) is 0 Å². The molecule has 1 aliphatic rings. The third-order valence-electron chi connectivity index (χ3n) is 1.63. The Kier molecular flexibility index (Phi) is 29.8. The van der Waals surface area contributed by atoms with Crippen LogP contribution in [0.25, 0.3) is 0 Å². The van der Waals surface area contributed by atoms with Crippen molar-refractivity contribution in [2.45, 2.75) is 26.2 Å². The summed E-state index contributed by atoms with van der Waals surface area (Å²) in [7, 11) is 0. The van der Waals surface area contributed by atoms with Crippen molar-refractivity contribution in [2.24, 2.45) is 0 Å². The van der Waals surface area contributed by atoms with E-state index in [2.05, 4.69) is 26.5 Å². The van der Waals surface area contributed by atoms with Gasteiger partial charge in [0.05, 0.1) is 0 Å². The molecule has 0 heterocycles.